The molecule has 1 fully saturated rings. The van der Waals surface area contributed by atoms with Crippen LogP contribution in [0, 0.1) is 6.92 Å². The summed E-state index contributed by atoms with van der Waals surface area (Å²) in [6, 6.07) is 12.8. The molecule has 8 heteroatoms. The number of nitrogens with one attached hydrogen (secondary N) is 1. The molecule has 1 saturated heterocycles. The Hall–Kier alpha value is -3.13. The molecular weight excluding hydrogens is 400 g/mol. The van der Waals surface area contributed by atoms with Crippen LogP contribution in [0.2, 0.25) is 0 Å². The molecule has 0 saturated carbocycles. The van der Waals surface area contributed by atoms with Gasteiger partial charge in [-0.15, -0.1) is 0 Å². The Bertz CT molecular complexity index is 1200. The first-order valence-electron chi connectivity index (χ1n) is 9.73. The van der Waals surface area contributed by atoms with Gasteiger partial charge in [-0.05, 0) is 43.7 Å². The van der Waals surface area contributed by atoms with Crippen LogP contribution >= 0.6 is 11.8 Å². The standard InChI is InChI=1S/C22H22N4O3S/c1-14-8-9-18-17(11-14)21(29)25(2)22(24-18)30-13-19(27)23-15-5-3-6-16(12-15)26-10-4-7-20(26)28/h3,5-6,8-9,11-12H,4,7,10,13H2,1-2H3,(H,23,27). The maximum absolute atomic E-state index is 12.6. The highest BCUT2D eigenvalue weighted by molar-refractivity contribution is 7.99. The van der Waals surface area contributed by atoms with E-state index in [1.165, 1.54) is 16.3 Å². The molecular formula is C22H22N4O3S. The summed E-state index contributed by atoms with van der Waals surface area (Å²) in [7, 11) is 1.66. The van der Waals surface area contributed by atoms with E-state index in [-0.39, 0.29) is 23.1 Å². The van der Waals surface area contributed by atoms with Crippen molar-refractivity contribution in [1.29, 1.82) is 0 Å². The average Bonchev–Trinajstić information content (AvgIpc) is 3.16. The number of hydrogen-bond acceptors (Lipinski definition) is 5. The zero-order valence-electron chi connectivity index (χ0n) is 16.8. The van der Waals surface area contributed by atoms with Gasteiger partial charge in [0.25, 0.3) is 5.56 Å². The molecule has 0 atom stereocenters. The molecule has 1 N–H and O–H groups in total. The quantitative estimate of drug-likeness (QED) is 0.505. The molecule has 154 valence electrons. The van der Waals surface area contributed by atoms with Crippen molar-refractivity contribution in [2.75, 3.05) is 22.5 Å². The van der Waals surface area contributed by atoms with E-state index < -0.39 is 0 Å². The Kier molecular flexibility index (Phi) is 5.59. The third kappa shape index (κ3) is 4.09. The lowest BCUT2D eigenvalue weighted by molar-refractivity contribution is -0.117. The minimum atomic E-state index is -0.205. The van der Waals surface area contributed by atoms with E-state index in [2.05, 4.69) is 10.3 Å². The number of nitrogens with zero attached hydrogens (tertiary/aromatic N) is 3. The molecule has 0 spiro atoms. The van der Waals surface area contributed by atoms with Gasteiger partial charge in [0.05, 0.1) is 16.7 Å². The van der Waals surface area contributed by atoms with Crippen molar-refractivity contribution < 1.29 is 9.59 Å². The lowest BCUT2D eigenvalue weighted by atomic mass is 10.2. The van der Waals surface area contributed by atoms with Crippen LogP contribution in [0.15, 0.2) is 52.4 Å². The van der Waals surface area contributed by atoms with Gasteiger partial charge in [0.15, 0.2) is 5.16 Å². The van der Waals surface area contributed by atoms with Gasteiger partial charge in [-0.25, -0.2) is 4.98 Å². The number of rotatable bonds is 5. The van der Waals surface area contributed by atoms with Crippen molar-refractivity contribution in [2.45, 2.75) is 24.9 Å². The van der Waals surface area contributed by atoms with Gasteiger partial charge in [-0.3, -0.25) is 19.0 Å². The largest absolute Gasteiger partial charge is 0.325 e. The van der Waals surface area contributed by atoms with E-state index in [1.54, 1.807) is 24.1 Å². The third-order valence-corrected chi connectivity index (χ3v) is 6.07. The molecule has 1 aliphatic heterocycles. The van der Waals surface area contributed by atoms with Gasteiger partial charge in [0, 0.05) is 31.4 Å². The summed E-state index contributed by atoms with van der Waals surface area (Å²) in [5.74, 6) is 0.0144. The third-order valence-electron chi connectivity index (χ3n) is 5.04. The number of carbonyl (C=O) groups is 2. The molecule has 2 amide bonds. The molecule has 7 nitrogen and oxygen atoms in total. The van der Waals surface area contributed by atoms with Crippen LogP contribution in [0.4, 0.5) is 11.4 Å². The lowest BCUT2D eigenvalue weighted by Crippen LogP contribution is -2.24. The first-order valence-corrected chi connectivity index (χ1v) is 10.7. The van der Waals surface area contributed by atoms with Crippen LogP contribution in [0.5, 0.6) is 0 Å². The normalized spacial score (nSPS) is 13.8. The molecule has 1 aromatic heterocycles. The number of amides is 2. The zero-order chi connectivity index (χ0) is 21.3. The van der Waals surface area contributed by atoms with E-state index in [0.29, 0.717) is 34.7 Å². The summed E-state index contributed by atoms with van der Waals surface area (Å²) in [6.45, 7) is 2.63. The van der Waals surface area contributed by atoms with Crippen molar-refractivity contribution in [3.8, 4) is 0 Å². The maximum atomic E-state index is 12.6. The highest BCUT2D eigenvalue weighted by Gasteiger charge is 2.21. The highest BCUT2D eigenvalue weighted by atomic mass is 32.2. The molecule has 2 aromatic carbocycles. The lowest BCUT2D eigenvalue weighted by Gasteiger charge is -2.16. The Morgan fingerprint density at radius 2 is 2.03 bits per heavy atom. The molecule has 4 rings (SSSR count). The Morgan fingerprint density at radius 3 is 2.80 bits per heavy atom. The van der Waals surface area contributed by atoms with Gasteiger partial charge in [0.1, 0.15) is 0 Å². The van der Waals surface area contributed by atoms with Crippen molar-refractivity contribution in [3.63, 3.8) is 0 Å². The first-order chi connectivity index (χ1) is 14.4. The molecule has 0 radical (unpaired) electrons. The number of carbonyl (C=O) groups excluding carboxylic acids is 2. The first kappa shape index (κ1) is 20.2. The minimum Gasteiger partial charge on any atom is -0.325 e. The number of aromatic nitrogens is 2. The summed E-state index contributed by atoms with van der Waals surface area (Å²) in [4.78, 5) is 43.3. The fraction of sp³-hybridized carbons (Fsp3) is 0.273. The van der Waals surface area contributed by atoms with E-state index >= 15 is 0 Å². The average molecular weight is 423 g/mol. The second-order valence-corrected chi connectivity index (χ2v) is 8.26. The highest BCUT2D eigenvalue weighted by Crippen LogP contribution is 2.24. The molecule has 0 unspecified atom stereocenters. The predicted octanol–water partition coefficient (Wildman–Crippen LogP) is 3.10. The number of aryl methyl sites for hydroxylation is 1. The van der Waals surface area contributed by atoms with Gasteiger partial charge < -0.3 is 10.2 Å². The van der Waals surface area contributed by atoms with Crippen LogP contribution < -0.4 is 15.8 Å². The maximum Gasteiger partial charge on any atom is 0.261 e. The smallest absolute Gasteiger partial charge is 0.261 e. The van der Waals surface area contributed by atoms with E-state index in [0.717, 1.165) is 17.7 Å². The van der Waals surface area contributed by atoms with E-state index in [1.807, 2.05) is 37.3 Å². The number of anilines is 2. The van der Waals surface area contributed by atoms with Gasteiger partial charge in [0.2, 0.25) is 11.8 Å². The molecule has 0 bridgehead atoms. The van der Waals surface area contributed by atoms with Gasteiger partial charge in [-0.2, -0.15) is 0 Å². The second kappa shape index (κ2) is 8.31. The minimum absolute atomic E-state index is 0.104. The van der Waals surface area contributed by atoms with E-state index in [9.17, 15) is 14.4 Å². The molecule has 3 aromatic rings. The Balaban J connectivity index is 1.45. The molecule has 2 heterocycles. The van der Waals surface area contributed by atoms with Crippen LogP contribution in [0.3, 0.4) is 0 Å². The zero-order valence-corrected chi connectivity index (χ0v) is 17.7. The van der Waals surface area contributed by atoms with Crippen molar-refractivity contribution >= 4 is 45.9 Å². The van der Waals surface area contributed by atoms with E-state index in [4.69, 9.17) is 0 Å². The van der Waals surface area contributed by atoms with Crippen molar-refractivity contribution in [2.24, 2.45) is 7.05 Å². The van der Waals surface area contributed by atoms with Crippen LogP contribution in [-0.2, 0) is 16.6 Å². The summed E-state index contributed by atoms with van der Waals surface area (Å²) < 4.78 is 1.47. The number of fused-ring (bicyclic) bond motifs is 1. The Morgan fingerprint density at radius 1 is 1.20 bits per heavy atom. The predicted molar refractivity (Wildman–Crippen MR) is 119 cm³/mol. The number of benzene rings is 2. The summed E-state index contributed by atoms with van der Waals surface area (Å²) >= 11 is 1.21. The summed E-state index contributed by atoms with van der Waals surface area (Å²) in [5, 5.41) is 3.91. The van der Waals surface area contributed by atoms with Crippen LogP contribution in [0.1, 0.15) is 18.4 Å². The van der Waals surface area contributed by atoms with Crippen molar-refractivity contribution in [1.82, 2.24) is 9.55 Å². The molecule has 30 heavy (non-hydrogen) atoms. The molecule has 0 aliphatic carbocycles. The van der Waals surface area contributed by atoms with Crippen LogP contribution in [0.25, 0.3) is 10.9 Å². The topological polar surface area (TPSA) is 84.3 Å². The monoisotopic (exact) mass is 422 g/mol. The second-order valence-electron chi connectivity index (χ2n) is 7.32. The van der Waals surface area contributed by atoms with Crippen LogP contribution in [-0.4, -0.2) is 33.7 Å². The fourth-order valence-electron chi connectivity index (χ4n) is 3.49. The van der Waals surface area contributed by atoms with Gasteiger partial charge in [-0.1, -0.05) is 29.5 Å². The summed E-state index contributed by atoms with van der Waals surface area (Å²) in [6.07, 6.45) is 1.41. The number of thioether (sulfide) groups is 1. The van der Waals surface area contributed by atoms with Gasteiger partial charge >= 0.3 is 0 Å². The SMILES string of the molecule is Cc1ccc2nc(SCC(=O)Nc3cccc(N4CCCC4=O)c3)n(C)c(=O)c2c1. The van der Waals surface area contributed by atoms with Crippen molar-refractivity contribution in [3.05, 3.63) is 58.4 Å². The Labute approximate surface area is 178 Å². The fourth-order valence-corrected chi connectivity index (χ4v) is 4.27. The summed E-state index contributed by atoms with van der Waals surface area (Å²) in [5.41, 5.74) is 2.91. The number of hydrogen-bond donors (Lipinski definition) is 1. The molecule has 1 aliphatic rings.